The highest BCUT2D eigenvalue weighted by molar-refractivity contribution is 7.89. The molecule has 0 radical (unpaired) electrons. The molecule has 186 valence electrons. The van der Waals surface area contributed by atoms with Gasteiger partial charge in [-0.3, -0.25) is 9.59 Å². The summed E-state index contributed by atoms with van der Waals surface area (Å²) in [6.45, 7) is 3.79. The van der Waals surface area contributed by atoms with Gasteiger partial charge in [0, 0.05) is 57.1 Å². The SMILES string of the molecule is O=C(CN1C(=O)CCc2cc(S(=O)(=O)N3CCCCC3)ccc21)N1CCN(c2ccccc2)CC1. The lowest BCUT2D eigenvalue weighted by atomic mass is 10.0. The van der Waals surface area contributed by atoms with Crippen molar-refractivity contribution in [2.75, 3.05) is 55.6 Å². The highest BCUT2D eigenvalue weighted by atomic mass is 32.2. The second kappa shape index (κ2) is 9.99. The van der Waals surface area contributed by atoms with E-state index >= 15 is 0 Å². The van der Waals surface area contributed by atoms with Crippen molar-refractivity contribution in [1.82, 2.24) is 9.21 Å². The van der Waals surface area contributed by atoms with Crippen LogP contribution in [0.1, 0.15) is 31.2 Å². The molecule has 2 saturated heterocycles. The predicted octanol–water partition coefficient (Wildman–Crippen LogP) is 2.49. The molecule has 5 rings (SSSR count). The van der Waals surface area contributed by atoms with E-state index in [9.17, 15) is 18.0 Å². The number of anilines is 2. The number of aryl methyl sites for hydroxylation is 1. The van der Waals surface area contributed by atoms with Crippen molar-refractivity contribution in [3.8, 4) is 0 Å². The van der Waals surface area contributed by atoms with Gasteiger partial charge in [0.15, 0.2) is 0 Å². The second-order valence-electron chi connectivity index (χ2n) is 9.44. The van der Waals surface area contributed by atoms with E-state index < -0.39 is 10.0 Å². The number of sulfonamides is 1. The Labute approximate surface area is 207 Å². The lowest BCUT2D eigenvalue weighted by Crippen LogP contribution is -2.52. The van der Waals surface area contributed by atoms with Gasteiger partial charge in [-0.1, -0.05) is 24.6 Å². The molecule has 2 aromatic rings. The van der Waals surface area contributed by atoms with E-state index in [4.69, 9.17) is 0 Å². The van der Waals surface area contributed by atoms with Crippen LogP contribution in [0, 0.1) is 0 Å². The second-order valence-corrected chi connectivity index (χ2v) is 11.4. The van der Waals surface area contributed by atoms with Gasteiger partial charge in [0.05, 0.1) is 4.90 Å². The van der Waals surface area contributed by atoms with Gasteiger partial charge in [0.1, 0.15) is 6.54 Å². The van der Waals surface area contributed by atoms with Crippen molar-refractivity contribution in [3.63, 3.8) is 0 Å². The van der Waals surface area contributed by atoms with Crippen LogP contribution in [0.2, 0.25) is 0 Å². The Balaban J connectivity index is 1.27. The Kier molecular flexibility index (Phi) is 6.80. The predicted molar refractivity (Wildman–Crippen MR) is 135 cm³/mol. The summed E-state index contributed by atoms with van der Waals surface area (Å²) in [6, 6.07) is 15.1. The van der Waals surface area contributed by atoms with Crippen LogP contribution in [0.5, 0.6) is 0 Å². The summed E-state index contributed by atoms with van der Waals surface area (Å²) in [5.74, 6) is -0.177. The maximum absolute atomic E-state index is 13.1. The third kappa shape index (κ3) is 4.92. The van der Waals surface area contributed by atoms with Crippen molar-refractivity contribution < 1.29 is 18.0 Å². The number of amides is 2. The van der Waals surface area contributed by atoms with E-state index in [1.807, 2.05) is 23.1 Å². The highest BCUT2D eigenvalue weighted by Gasteiger charge is 2.32. The zero-order valence-electron chi connectivity index (χ0n) is 19.9. The van der Waals surface area contributed by atoms with Crippen molar-refractivity contribution in [2.24, 2.45) is 0 Å². The number of hydrogen-bond acceptors (Lipinski definition) is 5. The molecule has 3 aliphatic rings. The smallest absolute Gasteiger partial charge is 0.243 e. The Morgan fingerprint density at radius 1 is 0.829 bits per heavy atom. The number of hydrogen-bond donors (Lipinski definition) is 0. The Bertz CT molecular complexity index is 1190. The average Bonchev–Trinajstić information content (AvgIpc) is 2.91. The number of benzene rings is 2. The molecule has 0 saturated carbocycles. The highest BCUT2D eigenvalue weighted by Crippen LogP contribution is 2.32. The van der Waals surface area contributed by atoms with Crippen LogP contribution in [-0.2, 0) is 26.0 Å². The van der Waals surface area contributed by atoms with Crippen LogP contribution < -0.4 is 9.80 Å². The first-order valence-electron chi connectivity index (χ1n) is 12.4. The van der Waals surface area contributed by atoms with Crippen LogP contribution in [0.4, 0.5) is 11.4 Å². The van der Waals surface area contributed by atoms with Crippen LogP contribution in [-0.4, -0.2) is 75.3 Å². The van der Waals surface area contributed by atoms with E-state index in [0.29, 0.717) is 38.3 Å². The van der Waals surface area contributed by atoms with E-state index in [2.05, 4.69) is 17.0 Å². The normalized spacial score (nSPS) is 19.5. The number of para-hydroxylation sites is 1. The van der Waals surface area contributed by atoms with Gasteiger partial charge in [-0.05, 0) is 55.2 Å². The number of rotatable bonds is 5. The molecule has 0 spiro atoms. The molecule has 0 atom stereocenters. The maximum Gasteiger partial charge on any atom is 0.243 e. The van der Waals surface area contributed by atoms with Gasteiger partial charge in [0.2, 0.25) is 21.8 Å². The Morgan fingerprint density at radius 2 is 1.54 bits per heavy atom. The van der Waals surface area contributed by atoms with Gasteiger partial charge in [-0.2, -0.15) is 4.31 Å². The van der Waals surface area contributed by atoms with Crippen LogP contribution in [0.25, 0.3) is 0 Å². The van der Waals surface area contributed by atoms with E-state index in [0.717, 1.165) is 43.6 Å². The molecule has 0 aliphatic carbocycles. The number of fused-ring (bicyclic) bond motifs is 1. The zero-order valence-corrected chi connectivity index (χ0v) is 20.8. The van der Waals surface area contributed by atoms with E-state index in [1.54, 1.807) is 22.5 Å². The summed E-state index contributed by atoms with van der Waals surface area (Å²) in [4.78, 5) is 31.7. The molecule has 0 aromatic heterocycles. The summed E-state index contributed by atoms with van der Waals surface area (Å²) in [5.41, 5.74) is 2.61. The summed E-state index contributed by atoms with van der Waals surface area (Å²) < 4.78 is 27.8. The fourth-order valence-electron chi connectivity index (χ4n) is 5.21. The Morgan fingerprint density at radius 3 is 2.26 bits per heavy atom. The monoisotopic (exact) mass is 496 g/mol. The molecule has 8 nitrogen and oxygen atoms in total. The number of nitrogens with zero attached hydrogens (tertiary/aromatic N) is 4. The van der Waals surface area contributed by atoms with Crippen molar-refractivity contribution in [1.29, 1.82) is 0 Å². The molecule has 0 bridgehead atoms. The summed E-state index contributed by atoms with van der Waals surface area (Å²) >= 11 is 0. The van der Waals surface area contributed by atoms with Crippen molar-refractivity contribution in [3.05, 3.63) is 54.1 Å². The lowest BCUT2D eigenvalue weighted by Gasteiger charge is -2.37. The van der Waals surface area contributed by atoms with Crippen molar-refractivity contribution in [2.45, 2.75) is 37.0 Å². The summed E-state index contributed by atoms with van der Waals surface area (Å²) in [7, 11) is -3.54. The first kappa shape index (κ1) is 23.8. The fourth-order valence-corrected chi connectivity index (χ4v) is 6.78. The third-order valence-electron chi connectivity index (χ3n) is 7.25. The molecule has 2 amide bonds. The van der Waals surface area contributed by atoms with Gasteiger partial charge in [0.25, 0.3) is 0 Å². The summed E-state index contributed by atoms with van der Waals surface area (Å²) in [5, 5.41) is 0. The van der Waals surface area contributed by atoms with Gasteiger partial charge >= 0.3 is 0 Å². The van der Waals surface area contributed by atoms with Gasteiger partial charge < -0.3 is 14.7 Å². The number of carbonyl (C=O) groups is 2. The molecular formula is C26H32N4O4S. The first-order valence-corrected chi connectivity index (χ1v) is 13.9. The number of carbonyl (C=O) groups excluding carboxylic acids is 2. The van der Waals surface area contributed by atoms with Crippen LogP contribution in [0.15, 0.2) is 53.4 Å². The quantitative estimate of drug-likeness (QED) is 0.635. The maximum atomic E-state index is 13.1. The third-order valence-corrected chi connectivity index (χ3v) is 9.15. The molecule has 2 aromatic carbocycles. The Hall–Kier alpha value is -2.91. The molecular weight excluding hydrogens is 464 g/mol. The van der Waals surface area contributed by atoms with Crippen molar-refractivity contribution >= 4 is 33.2 Å². The van der Waals surface area contributed by atoms with Crippen LogP contribution >= 0.6 is 0 Å². The topological polar surface area (TPSA) is 81.2 Å². The molecule has 3 heterocycles. The lowest BCUT2D eigenvalue weighted by molar-refractivity contribution is -0.131. The molecule has 2 fully saturated rings. The fraction of sp³-hybridized carbons (Fsp3) is 0.462. The van der Waals surface area contributed by atoms with Crippen LogP contribution in [0.3, 0.4) is 0 Å². The van der Waals surface area contributed by atoms with E-state index in [-0.39, 0.29) is 29.7 Å². The molecule has 3 aliphatic heterocycles. The molecule has 35 heavy (non-hydrogen) atoms. The minimum atomic E-state index is -3.54. The largest absolute Gasteiger partial charge is 0.368 e. The molecule has 0 unspecified atom stereocenters. The summed E-state index contributed by atoms with van der Waals surface area (Å²) in [6.07, 6.45) is 3.58. The minimum Gasteiger partial charge on any atom is -0.368 e. The van der Waals surface area contributed by atoms with E-state index in [1.165, 1.54) is 4.90 Å². The standard InChI is InChI=1S/C26H32N4O4S/c31-25-12-9-21-19-23(35(33,34)29-13-5-2-6-14-29)10-11-24(21)30(25)20-26(32)28-17-15-27(16-18-28)22-7-3-1-4-8-22/h1,3-4,7-8,10-11,19H,2,5-6,9,12-18,20H2. The van der Waals surface area contributed by atoms with Gasteiger partial charge in [-0.25, -0.2) is 8.42 Å². The zero-order chi connectivity index (χ0) is 24.4. The first-order chi connectivity index (χ1) is 16.9. The number of piperazine rings is 1. The van der Waals surface area contributed by atoms with Gasteiger partial charge in [-0.15, -0.1) is 0 Å². The average molecular weight is 497 g/mol. The number of piperidine rings is 1. The molecule has 9 heteroatoms. The minimum absolute atomic E-state index is 0.0185. The molecule has 0 N–H and O–H groups in total.